The number of carbonyl (C=O) groups is 2. The third kappa shape index (κ3) is 3.65. The molecule has 2 aromatic heterocycles. The summed E-state index contributed by atoms with van der Waals surface area (Å²) in [5.41, 5.74) is 1.11. The first kappa shape index (κ1) is 17.0. The number of rotatable bonds is 4. The van der Waals surface area contributed by atoms with Gasteiger partial charge in [-0.25, -0.2) is 14.5 Å². The standard InChI is InChI=1S/C16H23N7O2/c1-20(2)14(24)10-22-11-17-15(19-22)18-16(25)23-9-5-7-13(23)12-6-4-8-21(12)3/h4,6,8,11,13H,5,7,9-10H2,1-3H3,(H,18,19,25)/t13-/m0/s1. The molecule has 1 aliphatic rings. The first-order valence-corrected chi connectivity index (χ1v) is 8.24. The number of likely N-dealkylation sites (tertiary alicyclic amines) is 1. The van der Waals surface area contributed by atoms with Crippen molar-refractivity contribution in [3.63, 3.8) is 0 Å². The van der Waals surface area contributed by atoms with Crippen LogP contribution >= 0.6 is 0 Å². The fourth-order valence-corrected chi connectivity index (χ4v) is 3.01. The number of carbonyl (C=O) groups excluding carboxylic acids is 2. The van der Waals surface area contributed by atoms with Gasteiger partial charge in [0.05, 0.1) is 6.04 Å². The molecule has 0 spiro atoms. The Hall–Kier alpha value is -2.84. The van der Waals surface area contributed by atoms with Crippen LogP contribution in [0.15, 0.2) is 24.7 Å². The van der Waals surface area contributed by atoms with Gasteiger partial charge in [0.2, 0.25) is 11.9 Å². The Balaban J connectivity index is 1.65. The Bertz CT molecular complexity index is 764. The molecule has 0 unspecified atom stereocenters. The van der Waals surface area contributed by atoms with Gasteiger partial charge in [0, 0.05) is 39.6 Å². The van der Waals surface area contributed by atoms with Crippen LogP contribution in [0.1, 0.15) is 24.6 Å². The molecule has 3 heterocycles. The molecule has 9 nitrogen and oxygen atoms in total. The minimum Gasteiger partial charge on any atom is -0.353 e. The van der Waals surface area contributed by atoms with Gasteiger partial charge >= 0.3 is 6.03 Å². The predicted octanol–water partition coefficient (Wildman–Crippen LogP) is 1.07. The SMILES string of the molecule is CN(C)C(=O)Cn1cnc(NC(=O)N2CCC[C@H]2c2cccn2C)n1. The van der Waals surface area contributed by atoms with Gasteiger partial charge in [-0.2, -0.15) is 0 Å². The van der Waals surface area contributed by atoms with Gasteiger partial charge < -0.3 is 14.4 Å². The Morgan fingerprint density at radius 2 is 2.20 bits per heavy atom. The summed E-state index contributed by atoms with van der Waals surface area (Å²) in [6.07, 6.45) is 5.32. The molecule has 3 rings (SSSR count). The largest absolute Gasteiger partial charge is 0.353 e. The van der Waals surface area contributed by atoms with Crippen molar-refractivity contribution in [1.29, 1.82) is 0 Å². The van der Waals surface area contributed by atoms with Gasteiger partial charge in [0.1, 0.15) is 12.9 Å². The molecule has 134 valence electrons. The molecule has 3 amide bonds. The summed E-state index contributed by atoms with van der Waals surface area (Å²) in [4.78, 5) is 31.7. The number of hydrogen-bond acceptors (Lipinski definition) is 4. The molecule has 9 heteroatoms. The topological polar surface area (TPSA) is 88.3 Å². The summed E-state index contributed by atoms with van der Waals surface area (Å²) < 4.78 is 3.45. The number of nitrogens with one attached hydrogen (secondary N) is 1. The summed E-state index contributed by atoms with van der Waals surface area (Å²) in [5.74, 6) is 0.111. The molecule has 1 fully saturated rings. The third-order valence-corrected chi connectivity index (χ3v) is 4.39. The normalized spacial score (nSPS) is 16.9. The van der Waals surface area contributed by atoms with E-state index in [2.05, 4.69) is 15.4 Å². The van der Waals surface area contributed by atoms with Gasteiger partial charge in [-0.05, 0) is 25.0 Å². The van der Waals surface area contributed by atoms with E-state index in [0.717, 1.165) is 18.5 Å². The summed E-state index contributed by atoms with van der Waals surface area (Å²) in [6.45, 7) is 0.785. The van der Waals surface area contributed by atoms with Crippen LogP contribution in [0.25, 0.3) is 0 Å². The first-order chi connectivity index (χ1) is 12.0. The molecular formula is C16H23N7O2. The highest BCUT2D eigenvalue weighted by atomic mass is 16.2. The third-order valence-electron chi connectivity index (χ3n) is 4.39. The average molecular weight is 345 g/mol. The van der Waals surface area contributed by atoms with Crippen LogP contribution in [0.4, 0.5) is 10.7 Å². The fraction of sp³-hybridized carbons (Fsp3) is 0.500. The van der Waals surface area contributed by atoms with Crippen molar-refractivity contribution in [2.45, 2.75) is 25.4 Å². The van der Waals surface area contributed by atoms with Gasteiger partial charge in [-0.3, -0.25) is 10.1 Å². The van der Waals surface area contributed by atoms with Crippen LogP contribution in [0.3, 0.4) is 0 Å². The summed E-state index contributed by atoms with van der Waals surface area (Å²) >= 11 is 0. The van der Waals surface area contributed by atoms with Crippen LogP contribution in [0.5, 0.6) is 0 Å². The van der Waals surface area contributed by atoms with E-state index in [1.54, 1.807) is 19.0 Å². The van der Waals surface area contributed by atoms with Crippen molar-refractivity contribution in [2.24, 2.45) is 7.05 Å². The molecule has 2 aromatic rings. The average Bonchev–Trinajstić information content (AvgIpc) is 3.27. The zero-order valence-electron chi connectivity index (χ0n) is 14.7. The molecule has 1 atom stereocenters. The van der Waals surface area contributed by atoms with E-state index >= 15 is 0 Å². The number of likely N-dealkylation sites (N-methyl/N-ethyl adjacent to an activating group) is 1. The van der Waals surface area contributed by atoms with E-state index in [0.29, 0.717) is 6.54 Å². The Labute approximate surface area is 146 Å². The number of anilines is 1. The lowest BCUT2D eigenvalue weighted by atomic mass is 10.1. The minimum absolute atomic E-state index is 0.0532. The summed E-state index contributed by atoms with van der Waals surface area (Å²) in [6, 6.07) is 3.85. The van der Waals surface area contributed by atoms with Gasteiger partial charge in [0.25, 0.3) is 0 Å². The number of aryl methyl sites for hydroxylation is 1. The second-order valence-corrected chi connectivity index (χ2v) is 6.38. The monoisotopic (exact) mass is 345 g/mol. The van der Waals surface area contributed by atoms with Gasteiger partial charge in [0.15, 0.2) is 0 Å². The smallest absolute Gasteiger partial charge is 0.324 e. The lowest BCUT2D eigenvalue weighted by molar-refractivity contribution is -0.129. The molecule has 25 heavy (non-hydrogen) atoms. The second-order valence-electron chi connectivity index (χ2n) is 6.38. The van der Waals surface area contributed by atoms with Crippen molar-refractivity contribution in [3.05, 3.63) is 30.4 Å². The van der Waals surface area contributed by atoms with Crippen molar-refractivity contribution in [1.82, 2.24) is 29.1 Å². The summed E-state index contributed by atoms with van der Waals surface area (Å²) in [5, 5.41) is 6.87. The molecule has 1 saturated heterocycles. The van der Waals surface area contributed by atoms with E-state index in [9.17, 15) is 9.59 Å². The second kappa shape index (κ2) is 6.96. The van der Waals surface area contributed by atoms with E-state index in [-0.39, 0.29) is 30.5 Å². The van der Waals surface area contributed by atoms with Gasteiger partial charge in [-0.15, -0.1) is 5.10 Å². The lowest BCUT2D eigenvalue weighted by Crippen LogP contribution is -2.35. The fourth-order valence-electron chi connectivity index (χ4n) is 3.01. The number of amides is 3. The van der Waals surface area contributed by atoms with Crippen LogP contribution in [0, 0.1) is 0 Å². The zero-order chi connectivity index (χ0) is 18.0. The van der Waals surface area contributed by atoms with E-state index in [4.69, 9.17) is 0 Å². The quantitative estimate of drug-likeness (QED) is 0.898. The highest BCUT2D eigenvalue weighted by Gasteiger charge is 2.31. The molecule has 1 aliphatic heterocycles. The maximum absolute atomic E-state index is 12.6. The van der Waals surface area contributed by atoms with Crippen LogP contribution in [0.2, 0.25) is 0 Å². The maximum Gasteiger partial charge on any atom is 0.324 e. The maximum atomic E-state index is 12.6. The molecule has 0 aliphatic carbocycles. The Kier molecular flexibility index (Phi) is 4.73. The van der Waals surface area contributed by atoms with Crippen molar-refractivity contribution in [2.75, 3.05) is 26.0 Å². The Morgan fingerprint density at radius 1 is 1.40 bits per heavy atom. The molecule has 0 aromatic carbocycles. The highest BCUT2D eigenvalue weighted by molar-refractivity contribution is 5.88. The minimum atomic E-state index is -0.222. The molecule has 0 saturated carbocycles. The lowest BCUT2D eigenvalue weighted by Gasteiger charge is -2.24. The molecule has 0 bridgehead atoms. The van der Waals surface area contributed by atoms with E-state index in [1.807, 2.05) is 29.9 Å². The number of hydrogen-bond donors (Lipinski definition) is 1. The number of nitrogens with zero attached hydrogens (tertiary/aromatic N) is 6. The van der Waals surface area contributed by atoms with E-state index in [1.165, 1.54) is 15.9 Å². The highest BCUT2D eigenvalue weighted by Crippen LogP contribution is 2.32. The van der Waals surface area contributed by atoms with Gasteiger partial charge in [-0.1, -0.05) is 0 Å². The first-order valence-electron chi connectivity index (χ1n) is 8.24. The van der Waals surface area contributed by atoms with Crippen molar-refractivity contribution < 1.29 is 9.59 Å². The molecule has 1 N–H and O–H groups in total. The van der Waals surface area contributed by atoms with Crippen LogP contribution in [-0.2, 0) is 18.4 Å². The predicted molar refractivity (Wildman–Crippen MR) is 91.8 cm³/mol. The van der Waals surface area contributed by atoms with Crippen LogP contribution in [-0.4, -0.2) is 61.7 Å². The van der Waals surface area contributed by atoms with Crippen molar-refractivity contribution in [3.8, 4) is 0 Å². The Morgan fingerprint density at radius 3 is 2.88 bits per heavy atom. The number of aromatic nitrogens is 4. The summed E-state index contributed by atoms with van der Waals surface area (Å²) in [7, 11) is 5.34. The van der Waals surface area contributed by atoms with E-state index < -0.39 is 0 Å². The number of urea groups is 1. The zero-order valence-corrected chi connectivity index (χ0v) is 14.7. The van der Waals surface area contributed by atoms with Crippen LogP contribution < -0.4 is 5.32 Å². The molecule has 0 radical (unpaired) electrons. The molecular weight excluding hydrogens is 322 g/mol. The van der Waals surface area contributed by atoms with Crippen molar-refractivity contribution >= 4 is 17.9 Å².